The first-order chi connectivity index (χ1) is 9.97. The third-order valence-electron chi connectivity index (χ3n) is 4.01. The van der Waals surface area contributed by atoms with Crippen molar-refractivity contribution in [2.75, 3.05) is 20.2 Å². The Morgan fingerprint density at radius 2 is 2.14 bits per heavy atom. The van der Waals surface area contributed by atoms with Crippen LogP contribution in [0.2, 0.25) is 0 Å². The molecule has 1 aromatic carbocycles. The van der Waals surface area contributed by atoms with Gasteiger partial charge in [0, 0.05) is 32.3 Å². The van der Waals surface area contributed by atoms with Crippen molar-refractivity contribution < 1.29 is 18.3 Å². The van der Waals surface area contributed by atoms with Gasteiger partial charge in [0.15, 0.2) is 0 Å². The van der Waals surface area contributed by atoms with Crippen molar-refractivity contribution in [1.82, 2.24) is 4.90 Å². The minimum atomic E-state index is -0.840. The van der Waals surface area contributed by atoms with E-state index in [1.807, 2.05) is 0 Å². The molecule has 1 amide bonds. The quantitative estimate of drug-likeness (QED) is 0.926. The molecular formula is C15H20F2N2O2. The molecule has 0 saturated carbocycles. The molecule has 1 aliphatic rings. The van der Waals surface area contributed by atoms with Crippen molar-refractivity contribution in [3.05, 3.63) is 34.9 Å². The zero-order valence-electron chi connectivity index (χ0n) is 12.2. The summed E-state index contributed by atoms with van der Waals surface area (Å²) in [6, 6.07) is 1.81. The summed E-state index contributed by atoms with van der Waals surface area (Å²) in [6.45, 7) is 2.24. The molecule has 2 N–H and O–H groups in total. The number of hydrogen-bond donors (Lipinski definition) is 1. The van der Waals surface area contributed by atoms with Gasteiger partial charge < -0.3 is 15.4 Å². The molecule has 2 atom stereocenters. The molecule has 1 aromatic rings. The van der Waals surface area contributed by atoms with Crippen molar-refractivity contribution in [1.29, 1.82) is 0 Å². The first-order valence-corrected chi connectivity index (χ1v) is 6.97. The Hall–Kier alpha value is -1.53. The van der Waals surface area contributed by atoms with Crippen molar-refractivity contribution >= 4 is 5.91 Å². The van der Waals surface area contributed by atoms with Crippen LogP contribution in [0.5, 0.6) is 0 Å². The van der Waals surface area contributed by atoms with Gasteiger partial charge in [0.25, 0.3) is 5.91 Å². The lowest BCUT2D eigenvalue weighted by Crippen LogP contribution is -2.51. The van der Waals surface area contributed by atoms with Crippen LogP contribution in [0.4, 0.5) is 8.78 Å². The number of aryl methyl sites for hydroxylation is 1. The van der Waals surface area contributed by atoms with Gasteiger partial charge in [-0.15, -0.1) is 0 Å². The Labute approximate surface area is 122 Å². The van der Waals surface area contributed by atoms with Gasteiger partial charge in [-0.3, -0.25) is 4.79 Å². The van der Waals surface area contributed by atoms with E-state index in [4.69, 9.17) is 10.5 Å². The van der Waals surface area contributed by atoms with Crippen LogP contribution in [0.25, 0.3) is 0 Å². The molecule has 0 aliphatic carbocycles. The summed E-state index contributed by atoms with van der Waals surface area (Å²) in [5, 5.41) is 0. The SMILES string of the molecule is CO[C@@H]1CCN(C(=O)c2cc(C)c(F)cc2F)[C@H](CN)C1. The molecule has 6 heteroatoms. The van der Waals surface area contributed by atoms with E-state index in [1.165, 1.54) is 13.0 Å². The van der Waals surface area contributed by atoms with Crippen LogP contribution < -0.4 is 5.73 Å². The van der Waals surface area contributed by atoms with Gasteiger partial charge in [0.1, 0.15) is 11.6 Å². The van der Waals surface area contributed by atoms with Crippen molar-refractivity contribution in [3.63, 3.8) is 0 Å². The summed E-state index contributed by atoms with van der Waals surface area (Å²) >= 11 is 0. The molecule has 1 aliphatic heterocycles. The second-order valence-corrected chi connectivity index (χ2v) is 5.35. The molecule has 0 radical (unpaired) electrons. The lowest BCUT2D eigenvalue weighted by molar-refractivity contribution is 0.0137. The van der Waals surface area contributed by atoms with Gasteiger partial charge in [-0.25, -0.2) is 8.78 Å². The molecule has 0 unspecified atom stereocenters. The molecule has 0 bridgehead atoms. The number of halogens is 2. The van der Waals surface area contributed by atoms with Gasteiger partial charge in [0.2, 0.25) is 0 Å². The van der Waals surface area contributed by atoms with Crippen LogP contribution in [-0.4, -0.2) is 43.2 Å². The zero-order chi connectivity index (χ0) is 15.6. The normalized spacial score (nSPS) is 22.4. The fourth-order valence-corrected chi connectivity index (χ4v) is 2.69. The van der Waals surface area contributed by atoms with E-state index in [0.717, 1.165) is 6.07 Å². The molecule has 1 fully saturated rings. The number of hydrogen-bond acceptors (Lipinski definition) is 3. The molecule has 116 valence electrons. The Morgan fingerprint density at radius 1 is 1.43 bits per heavy atom. The largest absolute Gasteiger partial charge is 0.381 e. The number of carbonyl (C=O) groups is 1. The minimum absolute atomic E-state index is 0.0578. The number of carbonyl (C=O) groups excluding carboxylic acids is 1. The molecule has 21 heavy (non-hydrogen) atoms. The highest BCUT2D eigenvalue weighted by Gasteiger charge is 2.32. The van der Waals surface area contributed by atoms with Crippen LogP contribution in [0.15, 0.2) is 12.1 Å². The van der Waals surface area contributed by atoms with E-state index < -0.39 is 17.5 Å². The number of rotatable bonds is 3. The number of amides is 1. The third kappa shape index (κ3) is 3.22. The van der Waals surface area contributed by atoms with Gasteiger partial charge in [-0.1, -0.05) is 0 Å². The number of nitrogens with two attached hydrogens (primary N) is 1. The number of benzene rings is 1. The topological polar surface area (TPSA) is 55.6 Å². The number of piperidine rings is 1. The van der Waals surface area contributed by atoms with E-state index >= 15 is 0 Å². The predicted molar refractivity (Wildman–Crippen MR) is 75.0 cm³/mol. The Balaban J connectivity index is 2.25. The average molecular weight is 298 g/mol. The molecule has 4 nitrogen and oxygen atoms in total. The smallest absolute Gasteiger partial charge is 0.257 e. The average Bonchev–Trinajstić information content (AvgIpc) is 2.49. The van der Waals surface area contributed by atoms with Crippen molar-refractivity contribution in [3.8, 4) is 0 Å². The highest BCUT2D eigenvalue weighted by molar-refractivity contribution is 5.95. The number of likely N-dealkylation sites (tertiary alicyclic amines) is 1. The summed E-state index contributed by atoms with van der Waals surface area (Å²) in [5.41, 5.74) is 5.85. The maximum absolute atomic E-state index is 13.9. The van der Waals surface area contributed by atoms with Gasteiger partial charge in [-0.2, -0.15) is 0 Å². The molecule has 0 spiro atoms. The predicted octanol–water partition coefficient (Wildman–Crippen LogP) is 1.85. The molecule has 2 rings (SSSR count). The minimum Gasteiger partial charge on any atom is -0.381 e. The fourth-order valence-electron chi connectivity index (χ4n) is 2.69. The number of methoxy groups -OCH3 is 1. The Bertz CT molecular complexity index is 537. The van der Waals surface area contributed by atoms with Crippen molar-refractivity contribution in [2.24, 2.45) is 5.73 Å². The maximum atomic E-state index is 13.9. The fraction of sp³-hybridized carbons (Fsp3) is 0.533. The monoisotopic (exact) mass is 298 g/mol. The first-order valence-electron chi connectivity index (χ1n) is 6.97. The summed E-state index contributed by atoms with van der Waals surface area (Å²) in [5.74, 6) is -1.94. The Morgan fingerprint density at radius 3 is 2.76 bits per heavy atom. The second kappa shape index (κ2) is 6.49. The molecular weight excluding hydrogens is 278 g/mol. The highest BCUT2D eigenvalue weighted by Crippen LogP contribution is 2.23. The molecule has 1 saturated heterocycles. The lowest BCUT2D eigenvalue weighted by atomic mass is 9.97. The summed E-state index contributed by atoms with van der Waals surface area (Å²) in [6.07, 6.45) is 1.36. The van der Waals surface area contributed by atoms with E-state index in [-0.39, 0.29) is 29.8 Å². The van der Waals surface area contributed by atoms with E-state index in [2.05, 4.69) is 0 Å². The van der Waals surface area contributed by atoms with E-state index in [1.54, 1.807) is 12.0 Å². The maximum Gasteiger partial charge on any atom is 0.257 e. The number of ether oxygens (including phenoxy) is 1. The lowest BCUT2D eigenvalue weighted by Gasteiger charge is -2.38. The Kier molecular flexibility index (Phi) is 4.90. The van der Waals surface area contributed by atoms with E-state index in [0.29, 0.717) is 19.4 Å². The van der Waals surface area contributed by atoms with Crippen LogP contribution in [-0.2, 0) is 4.74 Å². The standard InChI is InChI=1S/C15H20F2N2O2/c1-9-5-12(14(17)7-13(9)16)15(20)19-4-3-11(21-2)6-10(19)8-18/h5,7,10-11H,3-4,6,8,18H2,1-2H3/t10-,11+/m0/s1. The summed E-state index contributed by atoms with van der Waals surface area (Å²) < 4.78 is 32.5. The van der Waals surface area contributed by atoms with E-state index in [9.17, 15) is 13.6 Å². The summed E-state index contributed by atoms with van der Waals surface area (Å²) in [7, 11) is 1.62. The van der Waals surface area contributed by atoms with Crippen LogP contribution in [0, 0.1) is 18.6 Å². The molecule has 1 heterocycles. The van der Waals surface area contributed by atoms with Crippen molar-refractivity contribution in [2.45, 2.75) is 31.9 Å². The highest BCUT2D eigenvalue weighted by atomic mass is 19.1. The molecule has 0 aromatic heterocycles. The van der Waals surface area contributed by atoms with Gasteiger partial charge >= 0.3 is 0 Å². The zero-order valence-corrected chi connectivity index (χ0v) is 12.2. The van der Waals surface area contributed by atoms with Crippen LogP contribution in [0.1, 0.15) is 28.8 Å². The summed E-state index contributed by atoms with van der Waals surface area (Å²) in [4.78, 5) is 14.1. The van der Waals surface area contributed by atoms with Crippen LogP contribution >= 0.6 is 0 Å². The van der Waals surface area contributed by atoms with Gasteiger partial charge in [0.05, 0.1) is 11.7 Å². The third-order valence-corrected chi connectivity index (χ3v) is 4.01. The van der Waals surface area contributed by atoms with Gasteiger partial charge in [-0.05, 0) is 31.4 Å². The van der Waals surface area contributed by atoms with Crippen LogP contribution in [0.3, 0.4) is 0 Å². The second-order valence-electron chi connectivity index (χ2n) is 5.35. The number of nitrogens with zero attached hydrogens (tertiary/aromatic N) is 1. The first kappa shape index (κ1) is 15.9.